The Morgan fingerprint density at radius 2 is 1.93 bits per heavy atom. The van der Waals surface area contributed by atoms with Gasteiger partial charge in [-0.2, -0.15) is 0 Å². The van der Waals surface area contributed by atoms with Gasteiger partial charge in [0.15, 0.2) is 0 Å². The van der Waals surface area contributed by atoms with Crippen molar-refractivity contribution in [3.8, 4) is 5.75 Å². The zero-order valence-electron chi connectivity index (χ0n) is 25.6. The minimum Gasteiger partial charge on any atom is -0.496 e. The maximum atomic E-state index is 14.7. The Labute approximate surface area is 243 Å². The number of carbonyl (C=O) groups excluding carboxylic acids is 2. The Balaban J connectivity index is 2.25. The molecule has 8 heteroatoms. The lowest BCUT2D eigenvalue weighted by Crippen LogP contribution is -2.56. The van der Waals surface area contributed by atoms with Crippen LogP contribution in [0.3, 0.4) is 0 Å². The molecular weight excluding hydrogens is 524 g/mol. The highest BCUT2D eigenvalue weighted by Gasteiger charge is 2.60. The molecular formula is C32H46N2O5S. The van der Waals surface area contributed by atoms with E-state index in [4.69, 9.17) is 14.2 Å². The van der Waals surface area contributed by atoms with Gasteiger partial charge in [-0.05, 0) is 62.6 Å². The lowest BCUT2D eigenvalue weighted by molar-refractivity contribution is -0.168. The zero-order chi connectivity index (χ0) is 29.9. The normalized spacial score (nSPS) is 21.5. The molecule has 1 aromatic heterocycles. The molecule has 0 radical (unpaired) electrons. The number of rotatable bonds is 10. The summed E-state index contributed by atoms with van der Waals surface area (Å²) >= 11 is 1.48. The van der Waals surface area contributed by atoms with Crippen LogP contribution in [0.5, 0.6) is 5.75 Å². The van der Waals surface area contributed by atoms with E-state index in [1.54, 1.807) is 30.3 Å². The average molecular weight is 571 g/mol. The average Bonchev–Trinajstić information content (AvgIpc) is 3.48. The van der Waals surface area contributed by atoms with Crippen LogP contribution >= 0.6 is 11.3 Å². The second kappa shape index (κ2) is 12.4. The van der Waals surface area contributed by atoms with Gasteiger partial charge in [-0.1, -0.05) is 46.8 Å². The van der Waals surface area contributed by atoms with Crippen LogP contribution < -0.4 is 4.74 Å². The summed E-state index contributed by atoms with van der Waals surface area (Å²) in [4.78, 5) is 35.3. The van der Waals surface area contributed by atoms with Gasteiger partial charge in [0, 0.05) is 23.1 Å². The van der Waals surface area contributed by atoms with Gasteiger partial charge in [-0.3, -0.25) is 4.79 Å². The molecule has 1 saturated heterocycles. The maximum Gasteiger partial charge on any atom is 0.332 e. The number of thiazole rings is 1. The molecule has 7 nitrogen and oxygen atoms in total. The number of methoxy groups -OCH3 is 1. The van der Waals surface area contributed by atoms with Crippen molar-refractivity contribution in [1.82, 2.24) is 9.88 Å². The van der Waals surface area contributed by atoms with Crippen molar-refractivity contribution >= 4 is 23.2 Å². The Kier molecular flexibility index (Phi) is 9.89. The van der Waals surface area contributed by atoms with E-state index in [1.807, 2.05) is 38.3 Å². The van der Waals surface area contributed by atoms with Crippen molar-refractivity contribution in [2.24, 2.45) is 11.8 Å². The molecule has 2 aromatic rings. The van der Waals surface area contributed by atoms with Gasteiger partial charge in [-0.15, -0.1) is 17.9 Å². The highest BCUT2D eigenvalue weighted by atomic mass is 32.1. The van der Waals surface area contributed by atoms with Crippen molar-refractivity contribution < 1.29 is 23.8 Å². The van der Waals surface area contributed by atoms with Crippen LogP contribution in [-0.2, 0) is 19.7 Å². The van der Waals surface area contributed by atoms with Gasteiger partial charge in [0.1, 0.15) is 21.9 Å². The molecule has 3 atom stereocenters. The summed E-state index contributed by atoms with van der Waals surface area (Å²) < 4.78 is 17.7. The van der Waals surface area contributed by atoms with Crippen LogP contribution in [0, 0.1) is 11.8 Å². The van der Waals surface area contributed by atoms with Crippen LogP contribution in [0.1, 0.15) is 95.2 Å². The fourth-order valence-electron chi connectivity index (χ4n) is 5.67. The third-order valence-electron chi connectivity index (χ3n) is 7.06. The second-order valence-electron chi connectivity index (χ2n) is 13.1. The lowest BCUT2D eigenvalue weighted by atomic mass is 9.83. The second-order valence-corrected chi connectivity index (χ2v) is 14.0. The number of likely N-dealkylation sites (tertiary alicyclic amines) is 1. The topological polar surface area (TPSA) is 78.0 Å². The van der Waals surface area contributed by atoms with Crippen LogP contribution in [0.15, 0.2) is 42.4 Å². The molecule has 1 aliphatic heterocycles. The number of esters is 1. The third-order valence-corrected chi connectivity index (χ3v) is 7.90. The molecule has 0 bridgehead atoms. The number of ether oxygens (including phenoxy) is 3. The molecule has 2 heterocycles. The van der Waals surface area contributed by atoms with E-state index < -0.39 is 23.2 Å². The van der Waals surface area contributed by atoms with Crippen LogP contribution in [0.2, 0.25) is 0 Å². The predicted octanol–water partition coefficient (Wildman–Crippen LogP) is 6.98. The monoisotopic (exact) mass is 570 g/mol. The fourth-order valence-corrected chi connectivity index (χ4v) is 6.49. The highest BCUT2D eigenvalue weighted by molar-refractivity contribution is 7.09. The van der Waals surface area contributed by atoms with Crippen LogP contribution in [-0.4, -0.2) is 53.2 Å². The van der Waals surface area contributed by atoms with Gasteiger partial charge in [0.05, 0.1) is 26.4 Å². The number of aromatic nitrogens is 1. The van der Waals surface area contributed by atoms with E-state index in [1.165, 1.54) is 11.3 Å². The van der Waals surface area contributed by atoms with E-state index >= 15 is 0 Å². The first-order valence-electron chi connectivity index (χ1n) is 14.0. The first-order chi connectivity index (χ1) is 18.6. The van der Waals surface area contributed by atoms with E-state index in [0.717, 1.165) is 10.6 Å². The van der Waals surface area contributed by atoms with Crippen molar-refractivity contribution in [2.45, 2.75) is 90.8 Å². The smallest absolute Gasteiger partial charge is 0.332 e. The van der Waals surface area contributed by atoms with Crippen molar-refractivity contribution in [3.63, 3.8) is 0 Å². The maximum absolute atomic E-state index is 14.7. The molecule has 40 heavy (non-hydrogen) atoms. The van der Waals surface area contributed by atoms with Crippen LogP contribution in [0.4, 0.5) is 0 Å². The third kappa shape index (κ3) is 6.95. The van der Waals surface area contributed by atoms with Gasteiger partial charge in [0.25, 0.3) is 5.91 Å². The standard InChI is InChI=1S/C32H46N2O5S/c1-11-15-38-20-23-19-32(18-21(2)3,29(36)39-31(7,8)9)34(26(23)27-33-14-16-40-27)28(35)22-12-13-24(30(4,5)6)25(17-22)37-10/h11-14,16-17,21,23,26H,1,15,18-20H2,2-10H3/t23-,26-,32+/m1/s1. The molecule has 1 amide bonds. The minimum atomic E-state index is -1.20. The summed E-state index contributed by atoms with van der Waals surface area (Å²) in [6, 6.07) is 5.11. The lowest BCUT2D eigenvalue weighted by Gasteiger charge is -2.41. The van der Waals surface area contributed by atoms with E-state index in [-0.39, 0.29) is 23.2 Å². The Hall–Kier alpha value is -2.71. The molecule has 0 unspecified atom stereocenters. The van der Waals surface area contributed by atoms with Gasteiger partial charge in [-0.25, -0.2) is 9.78 Å². The molecule has 0 spiro atoms. The number of carbonyl (C=O) groups is 2. The molecule has 1 aromatic carbocycles. The molecule has 0 aliphatic carbocycles. The van der Waals surface area contributed by atoms with E-state index in [9.17, 15) is 9.59 Å². The summed E-state index contributed by atoms with van der Waals surface area (Å²) in [7, 11) is 1.61. The first-order valence-corrected chi connectivity index (χ1v) is 14.9. The molecule has 220 valence electrons. The van der Waals surface area contributed by atoms with Crippen molar-refractivity contribution in [1.29, 1.82) is 0 Å². The number of benzene rings is 1. The molecule has 1 aliphatic rings. The summed E-state index contributed by atoms with van der Waals surface area (Å²) in [5.41, 5.74) is -0.638. The minimum absolute atomic E-state index is 0.116. The van der Waals surface area contributed by atoms with Gasteiger partial charge >= 0.3 is 5.97 Å². The molecule has 0 N–H and O–H groups in total. The Morgan fingerprint density at radius 3 is 2.45 bits per heavy atom. The van der Waals surface area contributed by atoms with Gasteiger partial charge in [0.2, 0.25) is 0 Å². The summed E-state index contributed by atoms with van der Waals surface area (Å²) in [5.74, 6) is -0.0618. The summed E-state index contributed by atoms with van der Waals surface area (Å²) in [5, 5.41) is 2.67. The van der Waals surface area contributed by atoms with Gasteiger partial charge < -0.3 is 19.1 Å². The zero-order valence-corrected chi connectivity index (χ0v) is 26.4. The van der Waals surface area contributed by atoms with E-state index in [0.29, 0.717) is 37.4 Å². The molecule has 3 rings (SSSR count). The van der Waals surface area contributed by atoms with E-state index in [2.05, 4.69) is 46.2 Å². The Morgan fingerprint density at radius 1 is 1.23 bits per heavy atom. The van der Waals surface area contributed by atoms with Crippen molar-refractivity contribution in [2.75, 3.05) is 20.3 Å². The van der Waals surface area contributed by atoms with Crippen molar-refractivity contribution in [3.05, 3.63) is 58.6 Å². The van der Waals surface area contributed by atoms with Crippen LogP contribution in [0.25, 0.3) is 0 Å². The number of hydrogen-bond acceptors (Lipinski definition) is 7. The first kappa shape index (κ1) is 31.8. The SMILES string of the molecule is C=CCOC[C@H]1C[C@@](CC(C)C)(C(=O)OC(C)(C)C)N(C(=O)c2ccc(C(C)(C)C)c(OC)c2)[C@H]1c1nccs1. The number of hydrogen-bond donors (Lipinski definition) is 0. The fraction of sp³-hybridized carbons (Fsp3) is 0.594. The molecule has 1 fully saturated rings. The summed E-state index contributed by atoms with van der Waals surface area (Å²) in [6.45, 7) is 20.5. The highest BCUT2D eigenvalue weighted by Crippen LogP contribution is 2.52. The number of amides is 1. The quantitative estimate of drug-likeness (QED) is 0.174. The summed E-state index contributed by atoms with van der Waals surface area (Å²) in [6.07, 6.45) is 4.30. The molecule has 0 saturated carbocycles. The Bertz CT molecular complexity index is 1180. The largest absolute Gasteiger partial charge is 0.496 e. The number of nitrogens with zero attached hydrogens (tertiary/aromatic N) is 2. The predicted molar refractivity (Wildman–Crippen MR) is 160 cm³/mol.